The Morgan fingerprint density at radius 2 is 2.11 bits per heavy atom. The van der Waals surface area contributed by atoms with E-state index in [2.05, 4.69) is 33.0 Å². The summed E-state index contributed by atoms with van der Waals surface area (Å²) in [5, 5.41) is 0. The van der Waals surface area contributed by atoms with E-state index >= 15 is 0 Å². The van der Waals surface area contributed by atoms with Crippen LogP contribution in [0.4, 0.5) is 5.82 Å². The van der Waals surface area contributed by atoms with Crippen LogP contribution in [-0.4, -0.2) is 12.1 Å². The lowest BCUT2D eigenvalue weighted by Crippen LogP contribution is -1.99. The van der Waals surface area contributed by atoms with Crippen molar-refractivity contribution in [3.63, 3.8) is 0 Å². The number of anilines is 1. The largest absolute Gasteiger partial charge is 0.496 e. The van der Waals surface area contributed by atoms with Gasteiger partial charge in [0.05, 0.1) is 11.6 Å². The molecule has 0 amide bonds. The van der Waals surface area contributed by atoms with E-state index in [4.69, 9.17) is 10.5 Å². The minimum Gasteiger partial charge on any atom is -0.496 e. The standard InChI is InChI=1S/C14H15BrN2O/c1-18-13-7-5-10(9-12(13)15)4-6-11-3-2-8-17-14(11)16/h2-3,5,7-9H,4,6H2,1H3,(H2,16,17). The molecule has 1 heterocycles. The van der Waals surface area contributed by atoms with Crippen molar-refractivity contribution in [3.8, 4) is 5.75 Å². The van der Waals surface area contributed by atoms with Gasteiger partial charge in [0.1, 0.15) is 11.6 Å². The highest BCUT2D eigenvalue weighted by Crippen LogP contribution is 2.26. The summed E-state index contributed by atoms with van der Waals surface area (Å²) < 4.78 is 6.18. The first kappa shape index (κ1) is 12.9. The molecule has 0 spiro atoms. The van der Waals surface area contributed by atoms with Gasteiger partial charge in [0.25, 0.3) is 0 Å². The Morgan fingerprint density at radius 1 is 1.28 bits per heavy atom. The fraction of sp³-hybridized carbons (Fsp3) is 0.214. The lowest BCUT2D eigenvalue weighted by Gasteiger charge is -2.07. The summed E-state index contributed by atoms with van der Waals surface area (Å²) in [6.07, 6.45) is 3.53. The number of aromatic nitrogens is 1. The Bertz CT molecular complexity index is 543. The molecule has 0 aliphatic heterocycles. The number of benzene rings is 1. The van der Waals surface area contributed by atoms with Crippen LogP contribution in [0, 0.1) is 0 Å². The van der Waals surface area contributed by atoms with Gasteiger partial charge in [-0.05, 0) is 58.1 Å². The van der Waals surface area contributed by atoms with E-state index in [1.807, 2.05) is 18.2 Å². The first-order chi connectivity index (χ1) is 8.70. The topological polar surface area (TPSA) is 48.1 Å². The van der Waals surface area contributed by atoms with Crippen LogP contribution in [0.3, 0.4) is 0 Å². The van der Waals surface area contributed by atoms with Crippen molar-refractivity contribution in [1.29, 1.82) is 0 Å². The number of nitrogens with zero attached hydrogens (tertiary/aromatic N) is 1. The molecule has 2 rings (SSSR count). The molecule has 0 atom stereocenters. The van der Waals surface area contributed by atoms with E-state index in [-0.39, 0.29) is 0 Å². The Kier molecular flexibility index (Phi) is 4.20. The third-order valence-corrected chi connectivity index (χ3v) is 3.45. The average molecular weight is 307 g/mol. The van der Waals surface area contributed by atoms with Crippen molar-refractivity contribution in [2.24, 2.45) is 0 Å². The zero-order valence-electron chi connectivity index (χ0n) is 10.2. The summed E-state index contributed by atoms with van der Waals surface area (Å²) >= 11 is 3.49. The van der Waals surface area contributed by atoms with E-state index < -0.39 is 0 Å². The minimum absolute atomic E-state index is 0.616. The van der Waals surface area contributed by atoms with Crippen molar-refractivity contribution < 1.29 is 4.74 Å². The Hall–Kier alpha value is -1.55. The van der Waals surface area contributed by atoms with Crippen LogP contribution in [0.2, 0.25) is 0 Å². The highest BCUT2D eigenvalue weighted by molar-refractivity contribution is 9.10. The Morgan fingerprint density at radius 3 is 2.78 bits per heavy atom. The average Bonchev–Trinajstić information content (AvgIpc) is 2.38. The van der Waals surface area contributed by atoms with Gasteiger partial charge in [0.2, 0.25) is 0 Å². The lowest BCUT2D eigenvalue weighted by molar-refractivity contribution is 0.412. The van der Waals surface area contributed by atoms with Crippen LogP contribution in [0.25, 0.3) is 0 Å². The number of rotatable bonds is 4. The first-order valence-corrected chi connectivity index (χ1v) is 6.52. The van der Waals surface area contributed by atoms with Gasteiger partial charge in [-0.1, -0.05) is 12.1 Å². The summed E-state index contributed by atoms with van der Waals surface area (Å²) in [6, 6.07) is 10.0. The van der Waals surface area contributed by atoms with Crippen molar-refractivity contribution in [2.45, 2.75) is 12.8 Å². The molecule has 1 aromatic carbocycles. The number of aryl methyl sites for hydroxylation is 2. The van der Waals surface area contributed by atoms with E-state index in [0.29, 0.717) is 5.82 Å². The fourth-order valence-electron chi connectivity index (χ4n) is 1.81. The number of ether oxygens (including phenoxy) is 1. The molecule has 0 saturated heterocycles. The maximum Gasteiger partial charge on any atom is 0.133 e. The van der Waals surface area contributed by atoms with Crippen molar-refractivity contribution in [2.75, 3.05) is 12.8 Å². The van der Waals surface area contributed by atoms with Gasteiger partial charge < -0.3 is 10.5 Å². The second-order valence-electron chi connectivity index (χ2n) is 4.02. The highest BCUT2D eigenvalue weighted by atomic mass is 79.9. The molecule has 1 aromatic heterocycles. The van der Waals surface area contributed by atoms with E-state index in [9.17, 15) is 0 Å². The first-order valence-electron chi connectivity index (χ1n) is 5.72. The molecular formula is C14H15BrN2O. The maximum atomic E-state index is 5.82. The van der Waals surface area contributed by atoms with Crippen LogP contribution in [0.15, 0.2) is 41.0 Å². The molecule has 0 aliphatic carbocycles. The van der Waals surface area contributed by atoms with Gasteiger partial charge >= 0.3 is 0 Å². The molecule has 0 radical (unpaired) electrons. The number of hydrogen-bond acceptors (Lipinski definition) is 3. The van der Waals surface area contributed by atoms with E-state index in [1.54, 1.807) is 13.3 Å². The Balaban J connectivity index is 2.07. The molecule has 0 fully saturated rings. The van der Waals surface area contributed by atoms with Crippen LogP contribution < -0.4 is 10.5 Å². The van der Waals surface area contributed by atoms with Crippen LogP contribution in [0.5, 0.6) is 5.75 Å². The summed E-state index contributed by atoms with van der Waals surface area (Å²) in [6.45, 7) is 0. The molecule has 2 aromatic rings. The van der Waals surface area contributed by atoms with Gasteiger partial charge in [0.15, 0.2) is 0 Å². The van der Waals surface area contributed by atoms with Gasteiger partial charge in [-0.25, -0.2) is 4.98 Å². The second kappa shape index (κ2) is 5.87. The summed E-state index contributed by atoms with van der Waals surface area (Å²) in [7, 11) is 1.66. The number of nitrogen functional groups attached to an aromatic ring is 1. The third kappa shape index (κ3) is 3.01. The van der Waals surface area contributed by atoms with Crippen molar-refractivity contribution >= 4 is 21.7 Å². The summed E-state index contributed by atoms with van der Waals surface area (Å²) in [4.78, 5) is 4.08. The molecule has 3 nitrogen and oxygen atoms in total. The van der Waals surface area contributed by atoms with Crippen LogP contribution in [0.1, 0.15) is 11.1 Å². The third-order valence-electron chi connectivity index (χ3n) is 2.83. The van der Waals surface area contributed by atoms with Gasteiger partial charge in [-0.15, -0.1) is 0 Å². The summed E-state index contributed by atoms with van der Waals surface area (Å²) in [5.74, 6) is 1.46. The number of halogens is 1. The zero-order chi connectivity index (χ0) is 13.0. The molecule has 0 aliphatic rings. The monoisotopic (exact) mass is 306 g/mol. The molecule has 0 unspecified atom stereocenters. The maximum absolute atomic E-state index is 5.82. The number of methoxy groups -OCH3 is 1. The molecule has 4 heteroatoms. The van der Waals surface area contributed by atoms with Gasteiger partial charge in [-0.2, -0.15) is 0 Å². The summed E-state index contributed by atoms with van der Waals surface area (Å²) in [5.41, 5.74) is 8.15. The van der Waals surface area contributed by atoms with E-state index in [1.165, 1.54) is 5.56 Å². The molecule has 94 valence electrons. The highest BCUT2D eigenvalue weighted by Gasteiger charge is 2.03. The molecule has 0 bridgehead atoms. The van der Waals surface area contributed by atoms with E-state index in [0.717, 1.165) is 28.6 Å². The van der Waals surface area contributed by atoms with Crippen LogP contribution in [-0.2, 0) is 12.8 Å². The predicted octanol–water partition coefficient (Wildman–Crippen LogP) is 3.22. The quantitative estimate of drug-likeness (QED) is 0.943. The predicted molar refractivity (Wildman–Crippen MR) is 76.8 cm³/mol. The minimum atomic E-state index is 0.616. The molecule has 0 saturated carbocycles. The van der Waals surface area contributed by atoms with Gasteiger partial charge in [-0.3, -0.25) is 0 Å². The number of nitrogens with two attached hydrogens (primary N) is 1. The fourth-order valence-corrected chi connectivity index (χ4v) is 2.39. The van der Waals surface area contributed by atoms with Gasteiger partial charge in [0, 0.05) is 6.20 Å². The number of pyridine rings is 1. The SMILES string of the molecule is COc1ccc(CCc2cccnc2N)cc1Br. The zero-order valence-corrected chi connectivity index (χ0v) is 11.8. The normalized spacial score (nSPS) is 10.3. The number of hydrogen-bond donors (Lipinski definition) is 1. The van der Waals surface area contributed by atoms with Crippen molar-refractivity contribution in [3.05, 3.63) is 52.1 Å². The van der Waals surface area contributed by atoms with Crippen LogP contribution >= 0.6 is 15.9 Å². The van der Waals surface area contributed by atoms with Crippen molar-refractivity contribution in [1.82, 2.24) is 4.98 Å². The second-order valence-corrected chi connectivity index (χ2v) is 4.87. The molecular weight excluding hydrogens is 292 g/mol. The molecule has 2 N–H and O–H groups in total. The smallest absolute Gasteiger partial charge is 0.133 e. The Labute approximate surface area is 115 Å². The lowest BCUT2D eigenvalue weighted by atomic mass is 10.1. The molecule has 18 heavy (non-hydrogen) atoms.